The van der Waals surface area contributed by atoms with Crippen molar-refractivity contribution in [1.29, 1.82) is 0 Å². The number of Topliss-reactive ketones (excluding diaryl/α,β-unsaturated/α-hetero) is 1. The average molecular weight is 220 g/mol. The van der Waals surface area contributed by atoms with E-state index >= 15 is 0 Å². The summed E-state index contributed by atoms with van der Waals surface area (Å²) in [7, 11) is 0. The van der Waals surface area contributed by atoms with Gasteiger partial charge in [0.1, 0.15) is 11.5 Å². The molecule has 1 atom stereocenters. The molecule has 0 aliphatic carbocycles. The lowest BCUT2D eigenvalue weighted by Crippen LogP contribution is -2.13. The van der Waals surface area contributed by atoms with E-state index < -0.39 is 0 Å². The van der Waals surface area contributed by atoms with Crippen LogP contribution in [0.3, 0.4) is 0 Å². The maximum atomic E-state index is 11.6. The molecule has 0 spiro atoms. The first-order valence-corrected chi connectivity index (χ1v) is 5.85. The second-order valence-corrected chi connectivity index (χ2v) is 4.19. The van der Waals surface area contributed by atoms with Crippen LogP contribution in [-0.4, -0.2) is 12.4 Å². The molecule has 0 radical (unpaired) electrons. The van der Waals surface area contributed by atoms with Crippen LogP contribution >= 0.6 is 0 Å². The summed E-state index contributed by atoms with van der Waals surface area (Å²) in [6.45, 7) is 6.50. The van der Waals surface area contributed by atoms with Gasteiger partial charge >= 0.3 is 0 Å². The second kappa shape index (κ2) is 6.31. The van der Waals surface area contributed by atoms with Crippen molar-refractivity contribution in [3.63, 3.8) is 0 Å². The normalized spacial score (nSPS) is 12.2. The van der Waals surface area contributed by atoms with E-state index in [1.165, 1.54) is 5.56 Å². The van der Waals surface area contributed by atoms with E-state index in [0.29, 0.717) is 13.0 Å². The van der Waals surface area contributed by atoms with Gasteiger partial charge in [0.15, 0.2) is 0 Å². The number of rotatable bonds is 6. The highest BCUT2D eigenvalue weighted by Gasteiger charge is 2.10. The first kappa shape index (κ1) is 12.8. The zero-order valence-electron chi connectivity index (χ0n) is 10.3. The molecule has 0 bridgehead atoms. The molecule has 2 nitrogen and oxygen atoms in total. The van der Waals surface area contributed by atoms with Gasteiger partial charge < -0.3 is 4.74 Å². The van der Waals surface area contributed by atoms with E-state index in [9.17, 15) is 4.79 Å². The number of hydrogen-bond acceptors (Lipinski definition) is 2. The van der Waals surface area contributed by atoms with Crippen molar-refractivity contribution in [3.05, 3.63) is 29.8 Å². The molecule has 0 heterocycles. The van der Waals surface area contributed by atoms with E-state index in [1.54, 1.807) is 0 Å². The van der Waals surface area contributed by atoms with Gasteiger partial charge in [0.25, 0.3) is 0 Å². The fourth-order valence-corrected chi connectivity index (χ4v) is 1.45. The standard InChI is InChI=1S/C14H20O2/c1-4-12(3)14(15)8-9-16-13-7-5-6-11(2)10-13/h5-7,10,12H,4,8-9H2,1-3H3. The molecule has 0 aliphatic rings. The summed E-state index contributed by atoms with van der Waals surface area (Å²) in [4.78, 5) is 11.6. The Balaban J connectivity index is 2.33. The molecule has 1 aromatic carbocycles. The van der Waals surface area contributed by atoms with Gasteiger partial charge in [0.05, 0.1) is 6.61 Å². The van der Waals surface area contributed by atoms with Crippen LogP contribution in [0.4, 0.5) is 0 Å². The Hall–Kier alpha value is -1.31. The first-order valence-electron chi connectivity index (χ1n) is 5.85. The van der Waals surface area contributed by atoms with Crippen molar-refractivity contribution < 1.29 is 9.53 Å². The van der Waals surface area contributed by atoms with Crippen LogP contribution < -0.4 is 4.74 Å². The average Bonchev–Trinajstić information content (AvgIpc) is 2.28. The predicted molar refractivity (Wildman–Crippen MR) is 65.8 cm³/mol. The van der Waals surface area contributed by atoms with Crippen LogP contribution in [0.15, 0.2) is 24.3 Å². The van der Waals surface area contributed by atoms with Gasteiger partial charge in [-0.3, -0.25) is 4.79 Å². The summed E-state index contributed by atoms with van der Waals surface area (Å²) >= 11 is 0. The molecule has 16 heavy (non-hydrogen) atoms. The zero-order chi connectivity index (χ0) is 12.0. The maximum absolute atomic E-state index is 11.6. The number of carbonyl (C=O) groups is 1. The number of aryl methyl sites for hydroxylation is 1. The Kier molecular flexibility index (Phi) is 5.03. The second-order valence-electron chi connectivity index (χ2n) is 4.19. The number of ether oxygens (including phenoxy) is 1. The van der Waals surface area contributed by atoms with Gasteiger partial charge in [0.2, 0.25) is 0 Å². The summed E-state index contributed by atoms with van der Waals surface area (Å²) < 4.78 is 5.53. The summed E-state index contributed by atoms with van der Waals surface area (Å²) in [6.07, 6.45) is 1.41. The zero-order valence-corrected chi connectivity index (χ0v) is 10.3. The molecule has 0 aliphatic heterocycles. The van der Waals surface area contributed by atoms with Crippen molar-refractivity contribution in [2.24, 2.45) is 5.92 Å². The Morgan fingerprint density at radius 3 is 2.81 bits per heavy atom. The van der Waals surface area contributed by atoms with E-state index in [1.807, 2.05) is 45.0 Å². The van der Waals surface area contributed by atoms with Crippen molar-refractivity contribution in [2.45, 2.75) is 33.6 Å². The molecule has 0 fully saturated rings. The van der Waals surface area contributed by atoms with Crippen LogP contribution in [0, 0.1) is 12.8 Å². The molecule has 0 N–H and O–H groups in total. The molecule has 0 amide bonds. The van der Waals surface area contributed by atoms with Gasteiger partial charge in [0, 0.05) is 12.3 Å². The fraction of sp³-hybridized carbons (Fsp3) is 0.500. The Morgan fingerprint density at radius 2 is 2.19 bits per heavy atom. The third-order valence-corrected chi connectivity index (χ3v) is 2.77. The lowest BCUT2D eigenvalue weighted by atomic mass is 10.0. The summed E-state index contributed by atoms with van der Waals surface area (Å²) in [5.41, 5.74) is 1.17. The van der Waals surface area contributed by atoms with Crippen molar-refractivity contribution in [1.82, 2.24) is 0 Å². The van der Waals surface area contributed by atoms with Crippen LogP contribution in [0.1, 0.15) is 32.3 Å². The van der Waals surface area contributed by atoms with Gasteiger partial charge in [-0.1, -0.05) is 26.0 Å². The third-order valence-electron chi connectivity index (χ3n) is 2.77. The minimum atomic E-state index is 0.154. The molecule has 0 saturated heterocycles. The molecule has 1 unspecified atom stereocenters. The minimum Gasteiger partial charge on any atom is -0.493 e. The predicted octanol–water partition coefficient (Wildman–Crippen LogP) is 3.38. The van der Waals surface area contributed by atoms with Crippen LogP contribution in [-0.2, 0) is 4.79 Å². The van der Waals surface area contributed by atoms with Crippen LogP contribution in [0.2, 0.25) is 0 Å². The summed E-state index contributed by atoms with van der Waals surface area (Å²) in [6, 6.07) is 7.88. The SMILES string of the molecule is CCC(C)C(=O)CCOc1cccc(C)c1. The molecule has 0 saturated carbocycles. The molecule has 2 heteroatoms. The lowest BCUT2D eigenvalue weighted by molar-refractivity contribution is -0.122. The van der Waals surface area contributed by atoms with Gasteiger partial charge in [-0.2, -0.15) is 0 Å². The van der Waals surface area contributed by atoms with E-state index in [4.69, 9.17) is 4.74 Å². The van der Waals surface area contributed by atoms with E-state index in [-0.39, 0.29) is 11.7 Å². The highest BCUT2D eigenvalue weighted by Crippen LogP contribution is 2.13. The minimum absolute atomic E-state index is 0.154. The van der Waals surface area contributed by atoms with Crippen molar-refractivity contribution in [2.75, 3.05) is 6.61 Å². The molecular formula is C14H20O2. The highest BCUT2D eigenvalue weighted by molar-refractivity contribution is 5.80. The lowest BCUT2D eigenvalue weighted by Gasteiger charge is -2.09. The number of carbonyl (C=O) groups excluding carboxylic acids is 1. The first-order chi connectivity index (χ1) is 7.63. The van der Waals surface area contributed by atoms with Crippen molar-refractivity contribution >= 4 is 5.78 Å². The Labute approximate surface area is 97.6 Å². The molecule has 1 aromatic rings. The highest BCUT2D eigenvalue weighted by atomic mass is 16.5. The van der Waals surface area contributed by atoms with Gasteiger partial charge in [-0.15, -0.1) is 0 Å². The summed E-state index contributed by atoms with van der Waals surface area (Å²) in [5.74, 6) is 1.29. The quantitative estimate of drug-likeness (QED) is 0.734. The van der Waals surface area contributed by atoms with Crippen molar-refractivity contribution in [3.8, 4) is 5.75 Å². The van der Waals surface area contributed by atoms with Crippen LogP contribution in [0.25, 0.3) is 0 Å². The Bertz CT molecular complexity index is 344. The Morgan fingerprint density at radius 1 is 1.44 bits per heavy atom. The summed E-state index contributed by atoms with van der Waals surface area (Å²) in [5, 5.41) is 0. The topological polar surface area (TPSA) is 26.3 Å². The monoisotopic (exact) mass is 220 g/mol. The molecule has 88 valence electrons. The molecule has 1 rings (SSSR count). The van der Waals surface area contributed by atoms with Crippen LogP contribution in [0.5, 0.6) is 5.75 Å². The van der Waals surface area contributed by atoms with E-state index in [2.05, 4.69) is 0 Å². The van der Waals surface area contributed by atoms with E-state index in [0.717, 1.165) is 12.2 Å². The maximum Gasteiger partial charge on any atom is 0.139 e. The number of benzene rings is 1. The number of hydrogen-bond donors (Lipinski definition) is 0. The van der Waals surface area contributed by atoms with Gasteiger partial charge in [-0.05, 0) is 31.0 Å². The largest absolute Gasteiger partial charge is 0.493 e. The molecular weight excluding hydrogens is 200 g/mol. The molecule has 0 aromatic heterocycles. The smallest absolute Gasteiger partial charge is 0.139 e. The fourth-order valence-electron chi connectivity index (χ4n) is 1.45. The third kappa shape index (κ3) is 4.05. The van der Waals surface area contributed by atoms with Gasteiger partial charge in [-0.25, -0.2) is 0 Å². The number of ketones is 1.